The van der Waals surface area contributed by atoms with E-state index in [0.29, 0.717) is 16.3 Å². The zero-order chi connectivity index (χ0) is 16.4. The summed E-state index contributed by atoms with van der Waals surface area (Å²) in [6.45, 7) is 0. The lowest BCUT2D eigenvalue weighted by Crippen LogP contribution is -2.30. The van der Waals surface area contributed by atoms with Crippen LogP contribution in [0.25, 0.3) is 16.9 Å². The molecular formula is C16H12ClFN4O. The van der Waals surface area contributed by atoms with Crippen molar-refractivity contribution < 1.29 is 9.18 Å². The highest BCUT2D eigenvalue weighted by Gasteiger charge is 2.20. The number of nitrogen functional groups attached to an aromatic ring is 1. The first-order chi connectivity index (χ1) is 11.1. The SMILES string of the molecule is NNC(=O)c1ncn(-c2cccc(Cl)c2)c1-c1ccc(F)cc1. The summed E-state index contributed by atoms with van der Waals surface area (Å²) < 4.78 is 14.9. The van der Waals surface area contributed by atoms with E-state index in [4.69, 9.17) is 17.4 Å². The van der Waals surface area contributed by atoms with E-state index in [2.05, 4.69) is 10.4 Å². The Kier molecular flexibility index (Phi) is 4.10. The highest BCUT2D eigenvalue weighted by Crippen LogP contribution is 2.27. The van der Waals surface area contributed by atoms with E-state index >= 15 is 0 Å². The Bertz CT molecular complexity index is 861. The summed E-state index contributed by atoms with van der Waals surface area (Å²) in [5.74, 6) is 4.31. The monoisotopic (exact) mass is 330 g/mol. The van der Waals surface area contributed by atoms with Crippen LogP contribution in [0.2, 0.25) is 5.02 Å². The molecule has 1 heterocycles. The maximum absolute atomic E-state index is 13.2. The third kappa shape index (κ3) is 2.94. The highest BCUT2D eigenvalue weighted by molar-refractivity contribution is 6.30. The van der Waals surface area contributed by atoms with Crippen molar-refractivity contribution >= 4 is 17.5 Å². The molecule has 1 aromatic heterocycles. The van der Waals surface area contributed by atoms with Gasteiger partial charge in [0.1, 0.15) is 12.1 Å². The van der Waals surface area contributed by atoms with Crippen molar-refractivity contribution in [2.45, 2.75) is 0 Å². The summed E-state index contributed by atoms with van der Waals surface area (Å²) >= 11 is 6.03. The lowest BCUT2D eigenvalue weighted by atomic mass is 10.1. The number of rotatable bonds is 3. The van der Waals surface area contributed by atoms with Crippen molar-refractivity contribution in [3.8, 4) is 16.9 Å². The van der Waals surface area contributed by atoms with Gasteiger partial charge in [-0.25, -0.2) is 15.2 Å². The quantitative estimate of drug-likeness (QED) is 0.440. The van der Waals surface area contributed by atoms with Crippen LogP contribution >= 0.6 is 11.6 Å². The Morgan fingerprint density at radius 1 is 1.22 bits per heavy atom. The van der Waals surface area contributed by atoms with Gasteiger partial charge in [-0.2, -0.15) is 0 Å². The summed E-state index contributed by atoms with van der Waals surface area (Å²) in [7, 11) is 0. The zero-order valence-corrected chi connectivity index (χ0v) is 12.6. The van der Waals surface area contributed by atoms with Crippen molar-refractivity contribution in [3.05, 3.63) is 71.4 Å². The van der Waals surface area contributed by atoms with E-state index in [1.54, 1.807) is 34.9 Å². The second-order valence-corrected chi connectivity index (χ2v) is 5.21. The summed E-state index contributed by atoms with van der Waals surface area (Å²) in [6, 6.07) is 12.9. The number of benzene rings is 2. The first kappa shape index (κ1) is 15.2. The third-order valence-electron chi connectivity index (χ3n) is 3.32. The molecule has 0 saturated heterocycles. The van der Waals surface area contributed by atoms with E-state index in [0.717, 1.165) is 5.69 Å². The molecule has 0 saturated carbocycles. The molecule has 0 bridgehead atoms. The summed E-state index contributed by atoms with van der Waals surface area (Å²) in [6.07, 6.45) is 1.49. The van der Waals surface area contributed by atoms with Gasteiger partial charge in [-0.15, -0.1) is 0 Å². The van der Waals surface area contributed by atoms with Gasteiger partial charge >= 0.3 is 0 Å². The van der Waals surface area contributed by atoms with Gasteiger partial charge in [0.05, 0.1) is 5.69 Å². The first-order valence-corrected chi connectivity index (χ1v) is 7.08. The number of nitrogens with one attached hydrogen (secondary N) is 1. The molecule has 2 aromatic carbocycles. The molecule has 0 radical (unpaired) electrons. The van der Waals surface area contributed by atoms with Gasteiger partial charge in [0.2, 0.25) is 0 Å². The van der Waals surface area contributed by atoms with Crippen LogP contribution in [0.3, 0.4) is 0 Å². The number of nitrogens with two attached hydrogens (primary N) is 1. The van der Waals surface area contributed by atoms with Gasteiger partial charge in [-0.05, 0) is 42.5 Å². The number of hydrazine groups is 1. The number of hydrogen-bond acceptors (Lipinski definition) is 3. The number of hydrogen-bond donors (Lipinski definition) is 2. The molecule has 23 heavy (non-hydrogen) atoms. The highest BCUT2D eigenvalue weighted by atomic mass is 35.5. The predicted octanol–water partition coefficient (Wildman–Crippen LogP) is 2.94. The number of nitrogens with zero attached hydrogens (tertiary/aromatic N) is 2. The van der Waals surface area contributed by atoms with Gasteiger partial charge in [0.15, 0.2) is 5.69 Å². The van der Waals surface area contributed by atoms with Crippen LogP contribution in [0.1, 0.15) is 10.5 Å². The van der Waals surface area contributed by atoms with Crippen molar-refractivity contribution in [1.82, 2.24) is 15.0 Å². The Labute approximate surface area is 136 Å². The fourth-order valence-corrected chi connectivity index (χ4v) is 2.47. The number of amides is 1. The predicted molar refractivity (Wildman–Crippen MR) is 85.6 cm³/mol. The maximum atomic E-state index is 13.2. The lowest BCUT2D eigenvalue weighted by molar-refractivity contribution is 0.0950. The topological polar surface area (TPSA) is 72.9 Å². The molecule has 0 aliphatic rings. The second-order valence-electron chi connectivity index (χ2n) is 4.77. The van der Waals surface area contributed by atoms with E-state index in [9.17, 15) is 9.18 Å². The van der Waals surface area contributed by atoms with Gasteiger partial charge < -0.3 is 0 Å². The largest absolute Gasteiger partial charge is 0.298 e. The molecule has 0 fully saturated rings. The van der Waals surface area contributed by atoms with Crippen LogP contribution in [0.4, 0.5) is 4.39 Å². The number of imidazole rings is 1. The van der Waals surface area contributed by atoms with Gasteiger partial charge in [-0.3, -0.25) is 14.8 Å². The molecule has 0 aliphatic carbocycles. The van der Waals surface area contributed by atoms with Crippen LogP contribution in [-0.2, 0) is 0 Å². The first-order valence-electron chi connectivity index (χ1n) is 6.70. The summed E-state index contributed by atoms with van der Waals surface area (Å²) in [4.78, 5) is 16.1. The zero-order valence-electron chi connectivity index (χ0n) is 11.8. The van der Waals surface area contributed by atoms with Crippen molar-refractivity contribution in [1.29, 1.82) is 0 Å². The molecule has 0 spiro atoms. The molecule has 5 nitrogen and oxygen atoms in total. The Balaban J connectivity index is 2.23. The van der Waals surface area contributed by atoms with Gasteiger partial charge in [0.25, 0.3) is 5.91 Å². The Morgan fingerprint density at radius 2 is 1.96 bits per heavy atom. The standard InChI is InChI=1S/C16H12ClFN4O/c17-11-2-1-3-13(8-11)22-9-20-14(16(23)21-19)15(22)10-4-6-12(18)7-5-10/h1-9H,19H2,(H,21,23). The van der Waals surface area contributed by atoms with E-state index < -0.39 is 5.91 Å². The average molecular weight is 331 g/mol. The van der Waals surface area contributed by atoms with Crippen molar-refractivity contribution in [2.75, 3.05) is 0 Å². The normalized spacial score (nSPS) is 10.6. The Morgan fingerprint density at radius 3 is 2.61 bits per heavy atom. The fraction of sp³-hybridized carbons (Fsp3) is 0. The van der Waals surface area contributed by atoms with Crippen molar-refractivity contribution in [3.63, 3.8) is 0 Å². The third-order valence-corrected chi connectivity index (χ3v) is 3.55. The molecule has 1 amide bonds. The van der Waals surface area contributed by atoms with Crippen LogP contribution < -0.4 is 11.3 Å². The molecule has 3 aromatic rings. The van der Waals surface area contributed by atoms with E-state index in [1.807, 2.05) is 6.07 Å². The molecule has 116 valence electrons. The average Bonchev–Trinajstić information content (AvgIpc) is 3.00. The second kappa shape index (κ2) is 6.20. The summed E-state index contributed by atoms with van der Waals surface area (Å²) in [5, 5.41) is 0.547. The van der Waals surface area contributed by atoms with Crippen LogP contribution in [0.5, 0.6) is 0 Å². The minimum Gasteiger partial charge on any atom is -0.298 e. The fourth-order valence-electron chi connectivity index (χ4n) is 2.29. The smallest absolute Gasteiger partial charge is 0.286 e. The minimum atomic E-state index is -0.537. The summed E-state index contributed by atoms with van der Waals surface area (Å²) in [5.41, 5.74) is 4.05. The molecular weight excluding hydrogens is 319 g/mol. The molecule has 7 heteroatoms. The maximum Gasteiger partial charge on any atom is 0.286 e. The van der Waals surface area contributed by atoms with Crippen LogP contribution in [0, 0.1) is 5.82 Å². The van der Waals surface area contributed by atoms with Gasteiger partial charge in [0, 0.05) is 16.3 Å². The number of halogens is 2. The van der Waals surface area contributed by atoms with Crippen LogP contribution in [-0.4, -0.2) is 15.5 Å². The molecule has 0 unspecified atom stereocenters. The van der Waals surface area contributed by atoms with E-state index in [-0.39, 0.29) is 11.5 Å². The molecule has 0 aliphatic heterocycles. The van der Waals surface area contributed by atoms with Crippen LogP contribution in [0.15, 0.2) is 54.9 Å². The molecule has 3 rings (SSSR count). The Hall–Kier alpha value is -2.70. The van der Waals surface area contributed by atoms with E-state index in [1.165, 1.54) is 18.5 Å². The number of carbonyl (C=O) groups is 1. The molecule has 3 N–H and O–H groups in total. The lowest BCUT2D eigenvalue weighted by Gasteiger charge is -2.10. The van der Waals surface area contributed by atoms with Crippen molar-refractivity contribution in [2.24, 2.45) is 5.84 Å². The minimum absolute atomic E-state index is 0.138. The van der Waals surface area contributed by atoms with Gasteiger partial charge in [-0.1, -0.05) is 17.7 Å². The number of carbonyl (C=O) groups excluding carboxylic acids is 1. The number of aromatic nitrogens is 2. The molecule has 0 atom stereocenters.